The first-order valence-corrected chi connectivity index (χ1v) is 10.4. The molecular formula is C18H26N6O4S. The van der Waals surface area contributed by atoms with Crippen LogP contribution in [-0.4, -0.2) is 41.6 Å². The SMILES string of the molecule is CC(C)S(=O)(=O)c1ccccc1Nc1nc(NCC(C)(C)N)[nH]c(=O)c1C(N)=O. The van der Waals surface area contributed by atoms with Crippen LogP contribution >= 0.6 is 0 Å². The maximum absolute atomic E-state index is 12.7. The van der Waals surface area contributed by atoms with Crippen LogP contribution < -0.4 is 27.7 Å². The highest BCUT2D eigenvalue weighted by Crippen LogP contribution is 2.28. The van der Waals surface area contributed by atoms with E-state index in [4.69, 9.17) is 11.5 Å². The van der Waals surface area contributed by atoms with Gasteiger partial charge in [-0.1, -0.05) is 12.1 Å². The van der Waals surface area contributed by atoms with E-state index >= 15 is 0 Å². The second-order valence-corrected chi connectivity index (χ2v) is 10.0. The summed E-state index contributed by atoms with van der Waals surface area (Å²) in [6.07, 6.45) is 0. The predicted molar refractivity (Wildman–Crippen MR) is 112 cm³/mol. The summed E-state index contributed by atoms with van der Waals surface area (Å²) in [5.74, 6) is -1.11. The number of amides is 1. The molecule has 0 saturated heterocycles. The number of rotatable bonds is 8. The van der Waals surface area contributed by atoms with Crippen LogP contribution in [0.15, 0.2) is 34.0 Å². The van der Waals surface area contributed by atoms with Crippen molar-refractivity contribution in [2.24, 2.45) is 11.5 Å². The fraction of sp³-hybridized carbons (Fsp3) is 0.389. The van der Waals surface area contributed by atoms with Crippen molar-refractivity contribution in [3.8, 4) is 0 Å². The fourth-order valence-electron chi connectivity index (χ4n) is 2.39. The van der Waals surface area contributed by atoms with Crippen LogP contribution in [0, 0.1) is 0 Å². The van der Waals surface area contributed by atoms with Gasteiger partial charge in [-0.25, -0.2) is 8.42 Å². The number of sulfone groups is 1. The number of aromatic amines is 1. The zero-order chi connectivity index (χ0) is 22.0. The molecule has 0 radical (unpaired) electrons. The Morgan fingerprint density at radius 3 is 2.45 bits per heavy atom. The summed E-state index contributed by atoms with van der Waals surface area (Å²) in [5.41, 5.74) is 9.65. The van der Waals surface area contributed by atoms with Gasteiger partial charge in [0.25, 0.3) is 11.5 Å². The van der Waals surface area contributed by atoms with Crippen molar-refractivity contribution in [3.05, 3.63) is 40.2 Å². The van der Waals surface area contributed by atoms with Gasteiger partial charge in [0.15, 0.2) is 15.7 Å². The molecule has 1 aromatic carbocycles. The zero-order valence-corrected chi connectivity index (χ0v) is 17.6. The minimum atomic E-state index is -3.64. The van der Waals surface area contributed by atoms with Gasteiger partial charge in [-0.05, 0) is 39.8 Å². The van der Waals surface area contributed by atoms with Gasteiger partial charge in [0.05, 0.1) is 15.8 Å². The van der Waals surface area contributed by atoms with Crippen molar-refractivity contribution in [1.82, 2.24) is 9.97 Å². The Labute approximate surface area is 169 Å². The molecule has 0 bridgehead atoms. The molecule has 11 heteroatoms. The van der Waals surface area contributed by atoms with Gasteiger partial charge in [0.1, 0.15) is 5.56 Å². The van der Waals surface area contributed by atoms with Gasteiger partial charge in [-0.2, -0.15) is 4.98 Å². The van der Waals surface area contributed by atoms with E-state index in [1.165, 1.54) is 12.1 Å². The van der Waals surface area contributed by atoms with E-state index in [0.717, 1.165) is 0 Å². The monoisotopic (exact) mass is 422 g/mol. The minimum absolute atomic E-state index is 0.0186. The van der Waals surface area contributed by atoms with Gasteiger partial charge in [0, 0.05) is 12.1 Å². The molecule has 0 aliphatic carbocycles. The van der Waals surface area contributed by atoms with Gasteiger partial charge in [0.2, 0.25) is 5.95 Å². The molecule has 1 amide bonds. The highest BCUT2D eigenvalue weighted by Gasteiger charge is 2.24. The lowest BCUT2D eigenvalue weighted by Crippen LogP contribution is -2.40. The van der Waals surface area contributed by atoms with E-state index < -0.39 is 37.7 Å². The third kappa shape index (κ3) is 5.33. The molecule has 0 unspecified atom stereocenters. The lowest BCUT2D eigenvalue weighted by molar-refractivity contribution is 0.0999. The molecule has 10 nitrogen and oxygen atoms in total. The first kappa shape index (κ1) is 22.4. The number of primary amides is 1. The molecule has 1 heterocycles. The smallest absolute Gasteiger partial charge is 0.267 e. The third-order valence-corrected chi connectivity index (χ3v) is 6.15. The molecule has 0 atom stereocenters. The van der Waals surface area contributed by atoms with E-state index in [1.807, 2.05) is 0 Å². The molecule has 1 aromatic heterocycles. The van der Waals surface area contributed by atoms with Crippen molar-refractivity contribution in [2.45, 2.75) is 43.4 Å². The lowest BCUT2D eigenvalue weighted by atomic mass is 10.1. The largest absolute Gasteiger partial charge is 0.365 e. The highest BCUT2D eigenvalue weighted by molar-refractivity contribution is 7.92. The molecule has 0 saturated carbocycles. The van der Waals surface area contributed by atoms with Gasteiger partial charge < -0.3 is 22.1 Å². The topological polar surface area (TPSA) is 173 Å². The van der Waals surface area contributed by atoms with E-state index in [9.17, 15) is 18.0 Å². The second kappa shape index (κ2) is 8.21. The number of hydrogen-bond donors (Lipinski definition) is 5. The number of H-pyrrole nitrogens is 1. The summed E-state index contributed by atoms with van der Waals surface area (Å²) in [4.78, 5) is 30.8. The van der Waals surface area contributed by atoms with Gasteiger partial charge >= 0.3 is 0 Å². The van der Waals surface area contributed by atoms with E-state index in [0.29, 0.717) is 0 Å². The molecule has 2 aromatic rings. The van der Waals surface area contributed by atoms with E-state index in [-0.39, 0.29) is 28.9 Å². The molecule has 29 heavy (non-hydrogen) atoms. The Morgan fingerprint density at radius 1 is 1.28 bits per heavy atom. The van der Waals surface area contributed by atoms with E-state index in [1.54, 1.807) is 39.8 Å². The van der Waals surface area contributed by atoms with Crippen LogP contribution in [0.25, 0.3) is 0 Å². The molecule has 0 fully saturated rings. The van der Waals surface area contributed by atoms with Gasteiger partial charge in [-0.3, -0.25) is 14.6 Å². The molecule has 2 rings (SSSR count). The predicted octanol–water partition coefficient (Wildman–Crippen LogP) is 0.944. The van der Waals surface area contributed by atoms with Crippen LogP contribution in [0.5, 0.6) is 0 Å². The quantitative estimate of drug-likeness (QED) is 0.418. The molecule has 0 aliphatic rings. The second-order valence-electron chi connectivity index (χ2n) is 7.56. The summed E-state index contributed by atoms with van der Waals surface area (Å²) in [6.45, 7) is 6.96. The first-order valence-electron chi connectivity index (χ1n) is 8.90. The van der Waals surface area contributed by atoms with Crippen LogP contribution in [-0.2, 0) is 9.84 Å². The number of para-hydroxylation sites is 1. The average molecular weight is 423 g/mol. The number of nitrogens with two attached hydrogens (primary N) is 2. The summed E-state index contributed by atoms with van der Waals surface area (Å²) in [7, 11) is -3.64. The Kier molecular flexibility index (Phi) is 6.34. The van der Waals surface area contributed by atoms with Crippen molar-refractivity contribution in [1.29, 1.82) is 0 Å². The standard InChI is InChI=1S/C18H26N6O4S/c1-10(2)29(27,28)12-8-6-5-7-11(12)22-15-13(14(19)25)16(26)24-17(23-15)21-9-18(3,4)20/h5-8,10H,9,20H2,1-4H3,(H2,19,25)(H3,21,22,23,24,26). The highest BCUT2D eigenvalue weighted by atomic mass is 32.2. The molecule has 0 aliphatic heterocycles. The maximum atomic E-state index is 12.7. The molecule has 0 spiro atoms. The third-order valence-electron chi connectivity index (χ3n) is 3.94. The zero-order valence-electron chi connectivity index (χ0n) is 16.7. The summed E-state index contributed by atoms with van der Waals surface area (Å²) >= 11 is 0. The Morgan fingerprint density at radius 2 is 1.90 bits per heavy atom. The lowest BCUT2D eigenvalue weighted by Gasteiger charge is -2.20. The van der Waals surface area contributed by atoms with Crippen molar-refractivity contribution >= 4 is 33.2 Å². The normalized spacial score (nSPS) is 12.1. The van der Waals surface area contributed by atoms with Crippen LogP contribution in [0.1, 0.15) is 38.1 Å². The number of carbonyl (C=O) groups is 1. The Hall–Kier alpha value is -2.92. The summed E-state index contributed by atoms with van der Waals surface area (Å²) in [5, 5.41) is 4.99. The number of nitrogens with one attached hydrogen (secondary N) is 3. The van der Waals surface area contributed by atoms with Crippen LogP contribution in [0.4, 0.5) is 17.5 Å². The van der Waals surface area contributed by atoms with Crippen molar-refractivity contribution in [2.75, 3.05) is 17.2 Å². The average Bonchev–Trinajstić information content (AvgIpc) is 2.59. The minimum Gasteiger partial charge on any atom is -0.365 e. The Balaban J connectivity index is 2.57. The summed E-state index contributed by atoms with van der Waals surface area (Å²) < 4.78 is 25.3. The van der Waals surface area contributed by atoms with Gasteiger partial charge in [-0.15, -0.1) is 0 Å². The van der Waals surface area contributed by atoms with Crippen LogP contribution in [0.3, 0.4) is 0 Å². The molecular weight excluding hydrogens is 396 g/mol. The summed E-state index contributed by atoms with van der Waals surface area (Å²) in [6, 6.07) is 6.15. The number of benzene rings is 1. The molecule has 7 N–H and O–H groups in total. The number of hydrogen-bond acceptors (Lipinski definition) is 8. The van der Waals surface area contributed by atoms with Crippen molar-refractivity contribution in [3.63, 3.8) is 0 Å². The number of carbonyl (C=O) groups excluding carboxylic acids is 1. The first-order chi connectivity index (χ1) is 13.3. The number of anilines is 3. The van der Waals surface area contributed by atoms with E-state index in [2.05, 4.69) is 20.6 Å². The number of nitrogens with zero attached hydrogens (tertiary/aromatic N) is 1. The Bertz CT molecular complexity index is 1070. The number of aromatic nitrogens is 2. The fourth-order valence-corrected chi connectivity index (χ4v) is 3.59. The van der Waals surface area contributed by atoms with Crippen LogP contribution in [0.2, 0.25) is 0 Å². The maximum Gasteiger partial charge on any atom is 0.267 e. The molecule has 158 valence electrons. The van der Waals surface area contributed by atoms with Crippen molar-refractivity contribution < 1.29 is 13.2 Å².